The predicted molar refractivity (Wildman–Crippen MR) is 62.6 cm³/mol. The lowest BCUT2D eigenvalue weighted by molar-refractivity contribution is 0.0233. The largest absolute Gasteiger partial charge is 0.409 e. The minimum absolute atomic E-state index is 0.0462. The summed E-state index contributed by atoms with van der Waals surface area (Å²) in [5.74, 6) is 0.177. The van der Waals surface area contributed by atoms with Gasteiger partial charge in [0, 0.05) is 39.1 Å². The van der Waals surface area contributed by atoms with Crippen LogP contribution in [-0.2, 0) is 4.74 Å². The smallest absolute Gasteiger partial charge is 0.140 e. The summed E-state index contributed by atoms with van der Waals surface area (Å²) in [4.78, 5) is 0. The predicted octanol–water partition coefficient (Wildman–Crippen LogP) is -0.111. The molecule has 0 rings (SSSR count). The van der Waals surface area contributed by atoms with Crippen LogP contribution in [0.15, 0.2) is 5.16 Å². The normalized spacial score (nSPS) is 18.1. The summed E-state index contributed by atoms with van der Waals surface area (Å²) in [6, 6.07) is 0.0462. The average Bonchev–Trinajstić information content (AvgIpc) is 2.24. The van der Waals surface area contributed by atoms with Crippen molar-refractivity contribution >= 4 is 5.84 Å². The quantitative estimate of drug-likeness (QED) is 0.203. The van der Waals surface area contributed by atoms with E-state index in [4.69, 9.17) is 15.7 Å². The van der Waals surface area contributed by atoms with Gasteiger partial charge in [-0.2, -0.15) is 0 Å². The Morgan fingerprint density at radius 1 is 1.62 bits per heavy atom. The van der Waals surface area contributed by atoms with E-state index in [0.29, 0.717) is 26.0 Å². The minimum Gasteiger partial charge on any atom is -0.409 e. The molecule has 0 aromatic carbocycles. The molecule has 96 valence electrons. The van der Waals surface area contributed by atoms with Gasteiger partial charge in [-0.1, -0.05) is 5.16 Å². The van der Waals surface area contributed by atoms with Crippen molar-refractivity contribution in [3.05, 3.63) is 0 Å². The molecule has 0 aliphatic carbocycles. The molecule has 16 heavy (non-hydrogen) atoms. The fraction of sp³-hybridized carbons (Fsp3) is 0.900. The standard InChI is InChI=1S/C10H23N3O3/c1-8(6-9(11)13-15)12-7-10(2,14)4-5-16-3/h8,12,14-15H,4-7H2,1-3H3,(H2,11,13). The van der Waals surface area contributed by atoms with E-state index >= 15 is 0 Å². The Kier molecular flexibility index (Phi) is 7.03. The van der Waals surface area contributed by atoms with E-state index in [0.717, 1.165) is 0 Å². The van der Waals surface area contributed by atoms with Crippen LogP contribution in [0.5, 0.6) is 0 Å². The van der Waals surface area contributed by atoms with Crippen LogP contribution in [0, 0.1) is 0 Å². The lowest BCUT2D eigenvalue weighted by atomic mass is 10.0. The van der Waals surface area contributed by atoms with E-state index in [1.54, 1.807) is 14.0 Å². The highest BCUT2D eigenvalue weighted by atomic mass is 16.5. The zero-order valence-corrected chi connectivity index (χ0v) is 10.2. The van der Waals surface area contributed by atoms with E-state index in [2.05, 4.69) is 10.5 Å². The molecule has 2 atom stereocenters. The SMILES string of the molecule is COCCC(C)(O)CNC(C)CC(N)=NO. The van der Waals surface area contributed by atoms with Gasteiger partial charge in [0.15, 0.2) is 0 Å². The van der Waals surface area contributed by atoms with E-state index < -0.39 is 5.60 Å². The number of hydrogen-bond donors (Lipinski definition) is 4. The second-order valence-electron chi connectivity index (χ2n) is 4.32. The van der Waals surface area contributed by atoms with Crippen molar-refractivity contribution in [1.82, 2.24) is 5.32 Å². The summed E-state index contributed by atoms with van der Waals surface area (Å²) >= 11 is 0. The van der Waals surface area contributed by atoms with Gasteiger partial charge in [0.1, 0.15) is 5.84 Å². The van der Waals surface area contributed by atoms with Gasteiger partial charge in [-0.3, -0.25) is 0 Å². The second-order valence-corrected chi connectivity index (χ2v) is 4.32. The molecule has 0 radical (unpaired) electrons. The first-order valence-electron chi connectivity index (χ1n) is 5.32. The molecule has 0 bridgehead atoms. The monoisotopic (exact) mass is 233 g/mol. The van der Waals surface area contributed by atoms with Crippen LogP contribution in [0.2, 0.25) is 0 Å². The van der Waals surface area contributed by atoms with Gasteiger partial charge in [-0.15, -0.1) is 0 Å². The number of ether oxygens (including phenoxy) is 1. The van der Waals surface area contributed by atoms with Crippen molar-refractivity contribution in [3.8, 4) is 0 Å². The Balaban J connectivity index is 3.85. The van der Waals surface area contributed by atoms with Gasteiger partial charge in [-0.25, -0.2) is 0 Å². The zero-order chi connectivity index (χ0) is 12.6. The van der Waals surface area contributed by atoms with Crippen molar-refractivity contribution in [2.75, 3.05) is 20.3 Å². The molecule has 0 amide bonds. The molecule has 6 heteroatoms. The highest BCUT2D eigenvalue weighted by Crippen LogP contribution is 2.08. The van der Waals surface area contributed by atoms with Crippen molar-refractivity contribution in [2.45, 2.75) is 38.3 Å². The van der Waals surface area contributed by atoms with Crippen molar-refractivity contribution in [2.24, 2.45) is 10.9 Å². The van der Waals surface area contributed by atoms with E-state index in [1.165, 1.54) is 0 Å². The number of nitrogens with one attached hydrogen (secondary N) is 1. The first-order chi connectivity index (χ1) is 7.41. The molecule has 0 aliphatic rings. The molecule has 2 unspecified atom stereocenters. The van der Waals surface area contributed by atoms with E-state index in [1.807, 2.05) is 6.92 Å². The maximum Gasteiger partial charge on any atom is 0.140 e. The Labute approximate surface area is 96.5 Å². The van der Waals surface area contributed by atoms with Gasteiger partial charge in [-0.05, 0) is 13.8 Å². The van der Waals surface area contributed by atoms with E-state index in [-0.39, 0.29) is 11.9 Å². The number of amidine groups is 1. The number of oxime groups is 1. The van der Waals surface area contributed by atoms with Crippen molar-refractivity contribution in [3.63, 3.8) is 0 Å². The second kappa shape index (κ2) is 7.43. The summed E-state index contributed by atoms with van der Waals surface area (Å²) in [5.41, 5.74) is 4.56. The van der Waals surface area contributed by atoms with Crippen LogP contribution in [0.4, 0.5) is 0 Å². The van der Waals surface area contributed by atoms with Gasteiger partial charge in [0.2, 0.25) is 0 Å². The highest BCUT2D eigenvalue weighted by Gasteiger charge is 2.20. The lowest BCUT2D eigenvalue weighted by Gasteiger charge is -2.25. The minimum atomic E-state index is -0.810. The van der Waals surface area contributed by atoms with Crippen molar-refractivity contribution < 1.29 is 15.1 Å². The topological polar surface area (TPSA) is 100 Å². The summed E-state index contributed by atoms with van der Waals surface area (Å²) in [6.45, 7) is 4.61. The van der Waals surface area contributed by atoms with Crippen LogP contribution in [0.25, 0.3) is 0 Å². The number of nitrogens with zero attached hydrogens (tertiary/aromatic N) is 1. The maximum atomic E-state index is 9.93. The van der Waals surface area contributed by atoms with E-state index in [9.17, 15) is 5.11 Å². The molecular weight excluding hydrogens is 210 g/mol. The number of hydrogen-bond acceptors (Lipinski definition) is 5. The third kappa shape index (κ3) is 7.44. The number of methoxy groups -OCH3 is 1. The third-order valence-electron chi connectivity index (χ3n) is 2.32. The molecule has 0 aromatic rings. The Morgan fingerprint density at radius 2 is 2.25 bits per heavy atom. The van der Waals surface area contributed by atoms with Crippen LogP contribution >= 0.6 is 0 Å². The zero-order valence-electron chi connectivity index (χ0n) is 10.2. The summed E-state index contributed by atoms with van der Waals surface area (Å²) in [7, 11) is 1.60. The van der Waals surface area contributed by atoms with Crippen LogP contribution in [0.3, 0.4) is 0 Å². The molecule has 6 nitrogen and oxygen atoms in total. The third-order valence-corrected chi connectivity index (χ3v) is 2.32. The van der Waals surface area contributed by atoms with Crippen LogP contribution in [0.1, 0.15) is 26.7 Å². The van der Waals surface area contributed by atoms with Crippen LogP contribution < -0.4 is 11.1 Å². The Bertz CT molecular complexity index is 219. The van der Waals surface area contributed by atoms with Gasteiger partial charge in [0.05, 0.1) is 5.60 Å². The number of nitrogens with two attached hydrogens (primary N) is 1. The molecular formula is C10H23N3O3. The molecule has 0 fully saturated rings. The molecule has 0 aromatic heterocycles. The Morgan fingerprint density at radius 3 is 2.75 bits per heavy atom. The molecule has 5 N–H and O–H groups in total. The van der Waals surface area contributed by atoms with Gasteiger partial charge >= 0.3 is 0 Å². The Hall–Kier alpha value is -0.850. The average molecular weight is 233 g/mol. The fourth-order valence-electron chi connectivity index (χ4n) is 1.23. The summed E-state index contributed by atoms with van der Waals surface area (Å²) in [5, 5.41) is 24.3. The first-order valence-corrected chi connectivity index (χ1v) is 5.32. The fourth-order valence-corrected chi connectivity index (χ4v) is 1.23. The molecule has 0 saturated carbocycles. The highest BCUT2D eigenvalue weighted by molar-refractivity contribution is 5.80. The maximum absolute atomic E-state index is 9.93. The van der Waals surface area contributed by atoms with Gasteiger partial charge in [0.25, 0.3) is 0 Å². The number of aliphatic hydroxyl groups is 1. The van der Waals surface area contributed by atoms with Gasteiger partial charge < -0.3 is 26.1 Å². The van der Waals surface area contributed by atoms with Crippen molar-refractivity contribution in [1.29, 1.82) is 0 Å². The van der Waals surface area contributed by atoms with Crippen LogP contribution in [-0.4, -0.2) is 48.1 Å². The summed E-state index contributed by atoms with van der Waals surface area (Å²) < 4.78 is 4.91. The molecule has 0 aliphatic heterocycles. The first kappa shape index (κ1) is 15.2. The number of rotatable bonds is 8. The molecule has 0 saturated heterocycles. The lowest BCUT2D eigenvalue weighted by Crippen LogP contribution is -2.43. The summed E-state index contributed by atoms with van der Waals surface area (Å²) in [6.07, 6.45) is 1.00. The molecule has 0 heterocycles. The molecule has 0 spiro atoms.